The Morgan fingerprint density at radius 3 is 2.56 bits per heavy atom. The van der Waals surface area contributed by atoms with Crippen LogP contribution in [0, 0.1) is 5.92 Å². The summed E-state index contributed by atoms with van der Waals surface area (Å²) >= 11 is 3.59. The van der Waals surface area contributed by atoms with Crippen molar-refractivity contribution in [3.05, 3.63) is 10.8 Å². The van der Waals surface area contributed by atoms with E-state index in [-0.39, 0.29) is 0 Å². The third kappa shape index (κ3) is 2.76. The highest BCUT2D eigenvalue weighted by molar-refractivity contribution is 9.10. The zero-order chi connectivity index (χ0) is 13.1. The second-order valence-corrected chi connectivity index (χ2v) is 5.93. The van der Waals surface area contributed by atoms with E-state index in [1.807, 2.05) is 7.05 Å². The largest absolute Gasteiger partial charge is 0.372 e. The summed E-state index contributed by atoms with van der Waals surface area (Å²) in [4.78, 5) is 10.9. The Labute approximate surface area is 117 Å². The summed E-state index contributed by atoms with van der Waals surface area (Å²) < 4.78 is 0.952. The third-order valence-corrected chi connectivity index (χ3v) is 4.61. The zero-order valence-corrected chi connectivity index (χ0v) is 12.9. The van der Waals surface area contributed by atoms with Crippen LogP contribution in [0.2, 0.25) is 0 Å². The molecule has 0 aromatic carbocycles. The molecular weight excluding hydrogens is 292 g/mol. The summed E-state index contributed by atoms with van der Waals surface area (Å²) in [7, 11) is 4.01. The molecule has 1 aliphatic carbocycles. The van der Waals surface area contributed by atoms with Gasteiger partial charge in [0.2, 0.25) is 0 Å². The number of anilines is 2. The third-order valence-electron chi connectivity index (χ3n) is 3.88. The molecule has 0 unspecified atom stereocenters. The number of nitrogens with zero attached hydrogens (tertiary/aromatic N) is 3. The number of aromatic nitrogens is 2. The molecule has 5 heteroatoms. The molecule has 1 fully saturated rings. The lowest BCUT2D eigenvalue weighted by atomic mass is 9.87. The van der Waals surface area contributed by atoms with Crippen LogP contribution in [0.3, 0.4) is 0 Å². The number of halogens is 1. The van der Waals surface area contributed by atoms with Gasteiger partial charge in [-0.1, -0.05) is 6.92 Å². The maximum Gasteiger partial charge on any atom is 0.148 e. The van der Waals surface area contributed by atoms with Crippen LogP contribution < -0.4 is 10.2 Å². The maximum atomic E-state index is 4.41. The van der Waals surface area contributed by atoms with E-state index < -0.39 is 0 Å². The van der Waals surface area contributed by atoms with Crippen LogP contribution in [-0.2, 0) is 0 Å². The molecule has 1 heterocycles. The Balaban J connectivity index is 2.15. The van der Waals surface area contributed by atoms with E-state index in [1.54, 1.807) is 6.33 Å². The predicted octanol–water partition coefficient (Wildman–Crippen LogP) is 3.30. The van der Waals surface area contributed by atoms with Crippen molar-refractivity contribution >= 4 is 27.6 Å². The lowest BCUT2D eigenvalue weighted by molar-refractivity contribution is 0.340. The molecule has 1 aliphatic rings. The molecule has 18 heavy (non-hydrogen) atoms. The molecule has 0 amide bonds. The van der Waals surface area contributed by atoms with Crippen molar-refractivity contribution in [3.8, 4) is 0 Å². The molecule has 1 aromatic rings. The van der Waals surface area contributed by atoms with E-state index in [0.717, 1.165) is 22.0 Å². The minimum atomic E-state index is 0.595. The van der Waals surface area contributed by atoms with Gasteiger partial charge in [-0.25, -0.2) is 9.97 Å². The fraction of sp³-hybridized carbons (Fsp3) is 0.692. The van der Waals surface area contributed by atoms with Crippen LogP contribution in [0.25, 0.3) is 0 Å². The van der Waals surface area contributed by atoms with E-state index >= 15 is 0 Å². The van der Waals surface area contributed by atoms with E-state index in [2.05, 4.69) is 50.1 Å². The Morgan fingerprint density at radius 1 is 1.28 bits per heavy atom. The van der Waals surface area contributed by atoms with Gasteiger partial charge in [0.1, 0.15) is 22.4 Å². The van der Waals surface area contributed by atoms with E-state index in [0.29, 0.717) is 6.04 Å². The molecule has 0 spiro atoms. The zero-order valence-electron chi connectivity index (χ0n) is 11.3. The molecular formula is C13H21BrN4. The highest BCUT2D eigenvalue weighted by Crippen LogP contribution is 2.33. The molecule has 0 saturated heterocycles. The normalized spacial score (nSPS) is 23.8. The van der Waals surface area contributed by atoms with Crippen molar-refractivity contribution in [2.75, 3.05) is 24.3 Å². The van der Waals surface area contributed by atoms with E-state index in [1.165, 1.54) is 25.7 Å². The van der Waals surface area contributed by atoms with Crippen LogP contribution >= 0.6 is 15.9 Å². The van der Waals surface area contributed by atoms with Crippen molar-refractivity contribution < 1.29 is 0 Å². The second kappa shape index (κ2) is 5.87. The van der Waals surface area contributed by atoms with Gasteiger partial charge in [0, 0.05) is 20.1 Å². The molecule has 0 bridgehead atoms. The highest BCUT2D eigenvalue weighted by Gasteiger charge is 2.24. The molecule has 0 atom stereocenters. The van der Waals surface area contributed by atoms with Crippen LogP contribution in [0.4, 0.5) is 11.6 Å². The molecule has 2 rings (SSSR count). The first kappa shape index (κ1) is 13.6. The summed E-state index contributed by atoms with van der Waals surface area (Å²) in [6.07, 6.45) is 6.76. The summed E-state index contributed by atoms with van der Waals surface area (Å²) in [5.41, 5.74) is 0. The first-order valence-corrected chi connectivity index (χ1v) is 7.33. The minimum Gasteiger partial charge on any atom is -0.372 e. The number of rotatable bonds is 3. The number of nitrogens with one attached hydrogen (secondary N) is 1. The highest BCUT2D eigenvalue weighted by atomic mass is 79.9. The number of hydrogen-bond donors (Lipinski definition) is 1. The fourth-order valence-corrected chi connectivity index (χ4v) is 3.27. The quantitative estimate of drug-likeness (QED) is 0.929. The van der Waals surface area contributed by atoms with Crippen molar-refractivity contribution in [1.82, 2.24) is 9.97 Å². The molecule has 0 radical (unpaired) electrons. The lowest BCUT2D eigenvalue weighted by Crippen LogP contribution is -2.35. The topological polar surface area (TPSA) is 41.1 Å². The number of hydrogen-bond acceptors (Lipinski definition) is 4. The van der Waals surface area contributed by atoms with Crippen LogP contribution in [0.1, 0.15) is 32.6 Å². The van der Waals surface area contributed by atoms with E-state index in [9.17, 15) is 0 Å². The standard InChI is InChI=1S/C13H21BrN4/c1-9-4-6-10(7-5-9)18(3)13-11(14)12(15-2)16-8-17-13/h8-10H,4-7H2,1-3H3,(H,15,16,17). The summed E-state index contributed by atoms with van der Waals surface area (Å²) in [6.45, 7) is 2.34. The molecule has 1 aromatic heterocycles. The minimum absolute atomic E-state index is 0.595. The summed E-state index contributed by atoms with van der Waals surface area (Å²) in [5.74, 6) is 2.70. The van der Waals surface area contributed by atoms with Crippen molar-refractivity contribution in [1.29, 1.82) is 0 Å². The molecule has 100 valence electrons. The van der Waals surface area contributed by atoms with Gasteiger partial charge in [-0.15, -0.1) is 0 Å². The van der Waals surface area contributed by atoms with Gasteiger partial charge >= 0.3 is 0 Å². The Morgan fingerprint density at radius 2 is 1.94 bits per heavy atom. The first-order valence-electron chi connectivity index (χ1n) is 6.54. The van der Waals surface area contributed by atoms with Gasteiger partial charge in [0.25, 0.3) is 0 Å². The van der Waals surface area contributed by atoms with Crippen molar-refractivity contribution in [2.45, 2.75) is 38.6 Å². The maximum absolute atomic E-state index is 4.41. The van der Waals surface area contributed by atoms with Gasteiger partial charge in [0.15, 0.2) is 0 Å². The smallest absolute Gasteiger partial charge is 0.148 e. The lowest BCUT2D eigenvalue weighted by Gasteiger charge is -2.34. The van der Waals surface area contributed by atoms with Gasteiger partial charge in [-0.05, 0) is 47.5 Å². The van der Waals surface area contributed by atoms with Gasteiger partial charge in [-0.2, -0.15) is 0 Å². The second-order valence-electron chi connectivity index (χ2n) is 5.13. The predicted molar refractivity (Wildman–Crippen MR) is 79.1 cm³/mol. The van der Waals surface area contributed by atoms with E-state index in [4.69, 9.17) is 0 Å². The average Bonchev–Trinajstić information content (AvgIpc) is 2.39. The van der Waals surface area contributed by atoms with Gasteiger partial charge in [0.05, 0.1) is 0 Å². The molecule has 4 nitrogen and oxygen atoms in total. The monoisotopic (exact) mass is 312 g/mol. The average molecular weight is 313 g/mol. The van der Waals surface area contributed by atoms with Crippen LogP contribution in [0.5, 0.6) is 0 Å². The summed E-state index contributed by atoms with van der Waals surface area (Å²) in [6, 6.07) is 0.595. The Kier molecular flexibility index (Phi) is 4.43. The Bertz CT molecular complexity index is 402. The van der Waals surface area contributed by atoms with Gasteiger partial charge < -0.3 is 10.2 Å². The van der Waals surface area contributed by atoms with Crippen molar-refractivity contribution in [2.24, 2.45) is 5.92 Å². The molecule has 0 aliphatic heterocycles. The van der Waals surface area contributed by atoms with Crippen molar-refractivity contribution in [3.63, 3.8) is 0 Å². The Hall–Kier alpha value is -0.840. The first-order chi connectivity index (χ1) is 8.63. The molecule has 1 saturated carbocycles. The SMILES string of the molecule is CNc1ncnc(N(C)C2CCC(C)CC2)c1Br. The molecule has 1 N–H and O–H groups in total. The van der Waals surface area contributed by atoms with Crippen LogP contribution in [-0.4, -0.2) is 30.1 Å². The summed E-state index contributed by atoms with van der Waals surface area (Å²) in [5, 5.41) is 3.08. The fourth-order valence-electron chi connectivity index (χ4n) is 2.58. The van der Waals surface area contributed by atoms with Gasteiger partial charge in [-0.3, -0.25) is 0 Å². The van der Waals surface area contributed by atoms with Crippen LogP contribution in [0.15, 0.2) is 10.8 Å².